The Bertz CT molecular complexity index is 1530. The summed E-state index contributed by atoms with van der Waals surface area (Å²) in [5, 5.41) is 2.30. The monoisotopic (exact) mass is 428 g/mol. The molecule has 0 aromatic heterocycles. The normalized spacial score (nSPS) is 14.6. The summed E-state index contributed by atoms with van der Waals surface area (Å²) < 4.78 is 68.5. The molecular weight excluding hydrogens is 412 g/mol. The highest BCUT2D eigenvalue weighted by atomic mass is 32.2. The van der Waals surface area contributed by atoms with Gasteiger partial charge in [-0.3, -0.25) is 9.11 Å². The first-order valence-electron chi connectivity index (χ1n) is 8.58. The van der Waals surface area contributed by atoms with Gasteiger partial charge in [0.2, 0.25) is 0 Å². The van der Waals surface area contributed by atoms with Crippen molar-refractivity contribution in [3.05, 3.63) is 82.8 Å². The second kappa shape index (κ2) is 6.64. The smallest absolute Gasteiger partial charge is 0.282 e. The Morgan fingerprint density at radius 3 is 2.21 bits per heavy atom. The van der Waals surface area contributed by atoms with E-state index in [4.69, 9.17) is 0 Å². The van der Waals surface area contributed by atoms with Crippen LogP contribution in [0.2, 0.25) is 0 Å². The van der Waals surface area contributed by atoms with Crippen molar-refractivity contribution < 1.29 is 25.9 Å². The molecule has 0 saturated heterocycles. The summed E-state index contributed by atoms with van der Waals surface area (Å²) in [5.74, 6) is 0. The summed E-state index contributed by atoms with van der Waals surface area (Å²) in [6, 6.07) is 14.8. The average Bonchev–Trinajstić information content (AvgIpc) is 2.65. The van der Waals surface area contributed by atoms with E-state index in [-0.39, 0.29) is 5.56 Å². The molecule has 0 spiro atoms. The van der Waals surface area contributed by atoms with Gasteiger partial charge < -0.3 is 0 Å². The van der Waals surface area contributed by atoms with E-state index in [9.17, 15) is 25.9 Å². The predicted molar refractivity (Wildman–Crippen MR) is 110 cm³/mol. The Morgan fingerprint density at radius 1 is 0.862 bits per heavy atom. The third kappa shape index (κ3) is 3.30. The van der Waals surface area contributed by atoms with Gasteiger partial charge in [0.15, 0.2) is 0 Å². The molecule has 8 heteroatoms. The predicted octanol–water partition coefficient (Wildman–Crippen LogP) is 2.27. The molecule has 148 valence electrons. The van der Waals surface area contributed by atoms with Gasteiger partial charge in [-0.1, -0.05) is 61.2 Å². The van der Waals surface area contributed by atoms with Crippen LogP contribution in [0.3, 0.4) is 0 Å². The average molecular weight is 428 g/mol. The van der Waals surface area contributed by atoms with E-state index in [1.807, 2.05) is 18.2 Å². The molecule has 0 heterocycles. The Morgan fingerprint density at radius 2 is 1.52 bits per heavy atom. The zero-order chi connectivity index (χ0) is 21.0. The van der Waals surface area contributed by atoms with Crippen molar-refractivity contribution >= 4 is 42.7 Å². The molecule has 0 fully saturated rings. The first kappa shape index (κ1) is 19.5. The van der Waals surface area contributed by atoms with Crippen molar-refractivity contribution in [3.63, 3.8) is 0 Å². The highest BCUT2D eigenvalue weighted by molar-refractivity contribution is 7.89. The zero-order valence-corrected chi connectivity index (χ0v) is 16.7. The molecule has 0 radical (unpaired) electrons. The molecule has 3 aromatic rings. The van der Waals surface area contributed by atoms with Gasteiger partial charge in [0.1, 0.15) is 9.79 Å². The largest absolute Gasteiger partial charge is 0.296 e. The summed E-state index contributed by atoms with van der Waals surface area (Å²) in [5.41, 5.74) is 0.979. The third-order valence-electron chi connectivity index (χ3n) is 4.91. The summed E-state index contributed by atoms with van der Waals surface area (Å²) in [7, 11) is -9.98. The summed E-state index contributed by atoms with van der Waals surface area (Å²) >= 11 is 0. The molecule has 1 aliphatic rings. The maximum atomic E-state index is 12.4. The Balaban J connectivity index is 2.40. The minimum atomic E-state index is -5.03. The van der Waals surface area contributed by atoms with Crippen LogP contribution in [0.4, 0.5) is 0 Å². The first-order chi connectivity index (χ1) is 13.6. The summed E-state index contributed by atoms with van der Waals surface area (Å²) in [4.78, 5) is -1.73. The lowest BCUT2D eigenvalue weighted by Crippen LogP contribution is -2.31. The SMILES string of the molecule is C=C1CC=c2ccccc2=C1c1c(S(=O)(=O)O)c(S(=O)(=O)O)cc2ccccc12. The molecule has 1 aliphatic carbocycles. The van der Waals surface area contributed by atoms with E-state index in [1.54, 1.807) is 36.4 Å². The van der Waals surface area contributed by atoms with Gasteiger partial charge in [-0.2, -0.15) is 16.8 Å². The molecule has 4 rings (SSSR count). The van der Waals surface area contributed by atoms with Crippen LogP contribution >= 0.6 is 0 Å². The first-order valence-corrected chi connectivity index (χ1v) is 11.5. The van der Waals surface area contributed by atoms with Crippen molar-refractivity contribution in [2.24, 2.45) is 0 Å². The fourth-order valence-electron chi connectivity index (χ4n) is 3.74. The highest BCUT2D eigenvalue weighted by Crippen LogP contribution is 2.38. The molecule has 0 amide bonds. The van der Waals surface area contributed by atoms with Crippen LogP contribution in [0.1, 0.15) is 12.0 Å². The van der Waals surface area contributed by atoms with Gasteiger partial charge in [0, 0.05) is 5.56 Å². The van der Waals surface area contributed by atoms with Crippen molar-refractivity contribution in [3.8, 4) is 0 Å². The molecule has 0 atom stereocenters. The van der Waals surface area contributed by atoms with Crippen molar-refractivity contribution in [1.82, 2.24) is 0 Å². The topological polar surface area (TPSA) is 109 Å². The van der Waals surface area contributed by atoms with Gasteiger partial charge in [0.05, 0.1) is 0 Å². The second-order valence-electron chi connectivity index (χ2n) is 6.72. The molecule has 2 N–H and O–H groups in total. The Kier molecular flexibility index (Phi) is 4.47. The van der Waals surface area contributed by atoms with Gasteiger partial charge in [-0.25, -0.2) is 0 Å². The van der Waals surface area contributed by atoms with E-state index >= 15 is 0 Å². The van der Waals surface area contributed by atoms with Gasteiger partial charge >= 0.3 is 0 Å². The van der Waals surface area contributed by atoms with Crippen LogP contribution in [0.15, 0.2) is 76.5 Å². The van der Waals surface area contributed by atoms with Crippen LogP contribution in [0, 0.1) is 0 Å². The lowest BCUT2D eigenvalue weighted by atomic mass is 9.87. The van der Waals surface area contributed by atoms with Crippen LogP contribution in [-0.4, -0.2) is 25.9 Å². The number of hydrogen-bond acceptors (Lipinski definition) is 4. The maximum absolute atomic E-state index is 12.4. The number of allylic oxidation sites excluding steroid dienone is 1. The van der Waals surface area contributed by atoms with E-state index in [1.165, 1.54) is 0 Å². The quantitative estimate of drug-likeness (QED) is 0.620. The van der Waals surface area contributed by atoms with Crippen molar-refractivity contribution in [2.45, 2.75) is 16.2 Å². The molecule has 29 heavy (non-hydrogen) atoms. The van der Waals surface area contributed by atoms with Crippen molar-refractivity contribution in [1.29, 1.82) is 0 Å². The standard InChI is InChI=1S/C21H16O6S2/c1-13-10-11-14-6-2-4-8-16(14)19(13)20-17-9-5-3-7-15(17)12-18(28(22,23)24)21(20)29(25,26)27/h2-9,11-12H,1,10H2,(H,22,23,24)(H,25,26,27). The van der Waals surface area contributed by atoms with Crippen molar-refractivity contribution in [2.75, 3.05) is 0 Å². The minimum absolute atomic E-state index is 0.00350. The van der Waals surface area contributed by atoms with Gasteiger partial charge in [-0.15, -0.1) is 0 Å². The lowest BCUT2D eigenvalue weighted by Gasteiger charge is -2.20. The lowest BCUT2D eigenvalue weighted by molar-refractivity contribution is 0.466. The number of fused-ring (bicyclic) bond motifs is 2. The van der Waals surface area contributed by atoms with E-state index in [0.29, 0.717) is 33.6 Å². The highest BCUT2D eigenvalue weighted by Gasteiger charge is 2.31. The van der Waals surface area contributed by atoms with E-state index in [2.05, 4.69) is 6.58 Å². The zero-order valence-electron chi connectivity index (χ0n) is 15.0. The molecule has 0 unspecified atom stereocenters. The third-order valence-corrected chi connectivity index (χ3v) is 6.85. The van der Waals surface area contributed by atoms with Crippen LogP contribution < -0.4 is 10.4 Å². The fourth-order valence-corrected chi connectivity index (χ4v) is 5.77. The maximum Gasteiger partial charge on any atom is 0.296 e. The van der Waals surface area contributed by atoms with Crippen LogP contribution in [0.25, 0.3) is 22.4 Å². The van der Waals surface area contributed by atoms with Gasteiger partial charge in [-0.05, 0) is 44.8 Å². The number of rotatable bonds is 3. The number of benzene rings is 3. The Hall–Kier alpha value is -2.78. The molecular formula is C21H16O6S2. The molecule has 3 aromatic carbocycles. The van der Waals surface area contributed by atoms with Crippen LogP contribution in [-0.2, 0) is 20.2 Å². The summed E-state index contributed by atoms with van der Waals surface area (Å²) in [6.07, 6.45) is 2.35. The molecule has 0 saturated carbocycles. The van der Waals surface area contributed by atoms with Gasteiger partial charge in [0.25, 0.3) is 20.2 Å². The Labute approximate surface area is 167 Å². The van der Waals surface area contributed by atoms with Crippen LogP contribution in [0.5, 0.6) is 0 Å². The molecule has 6 nitrogen and oxygen atoms in total. The molecule has 0 aliphatic heterocycles. The van der Waals surface area contributed by atoms with E-state index < -0.39 is 30.0 Å². The number of hydrogen-bond donors (Lipinski definition) is 2. The van der Waals surface area contributed by atoms with E-state index in [0.717, 1.165) is 11.3 Å². The fraction of sp³-hybridized carbons (Fsp3) is 0.0476. The second-order valence-corrected chi connectivity index (χ2v) is 9.47. The summed E-state index contributed by atoms with van der Waals surface area (Å²) in [6.45, 7) is 4.04. The molecule has 0 bridgehead atoms. The minimum Gasteiger partial charge on any atom is -0.282 e.